The van der Waals surface area contributed by atoms with Crippen LogP contribution in [0.4, 0.5) is 23.8 Å². The molecule has 1 aromatic carbocycles. The number of hydrogen-bond donors (Lipinski definition) is 1. The number of nitrogens with one attached hydrogen (secondary N) is 1. The summed E-state index contributed by atoms with van der Waals surface area (Å²) < 4.78 is 60.2. The first kappa shape index (κ1) is 28.6. The molecule has 0 aliphatic carbocycles. The van der Waals surface area contributed by atoms with Crippen molar-refractivity contribution in [2.75, 3.05) is 36.5 Å². The molecule has 3 saturated heterocycles. The summed E-state index contributed by atoms with van der Waals surface area (Å²) in [5.74, 6) is 1.24. The molecule has 3 fully saturated rings. The Bertz CT molecular complexity index is 1270. The lowest BCUT2D eigenvalue weighted by atomic mass is 9.84. The first-order valence-corrected chi connectivity index (χ1v) is 15.1. The summed E-state index contributed by atoms with van der Waals surface area (Å²) in [5.41, 5.74) is -0.373. The van der Waals surface area contributed by atoms with E-state index in [0.29, 0.717) is 68.2 Å². The lowest BCUT2D eigenvalue weighted by Gasteiger charge is -2.45. The van der Waals surface area contributed by atoms with E-state index in [-0.39, 0.29) is 29.3 Å². The normalized spacial score (nSPS) is 23.4. The minimum absolute atomic E-state index is 0.190. The Hall–Kier alpha value is -2.93. The van der Waals surface area contributed by atoms with E-state index in [4.69, 9.17) is 4.74 Å². The molecule has 1 spiro atoms. The molecular formula is C27H34F3N5O4S. The van der Waals surface area contributed by atoms with E-state index in [0.717, 1.165) is 25.5 Å². The van der Waals surface area contributed by atoms with Gasteiger partial charge in [0.1, 0.15) is 11.9 Å². The van der Waals surface area contributed by atoms with Crippen molar-refractivity contribution < 1.29 is 31.7 Å². The molecule has 5 rings (SSSR count). The van der Waals surface area contributed by atoms with E-state index < -0.39 is 22.5 Å². The molecule has 1 N–H and O–H groups in total. The second-order valence-corrected chi connectivity index (χ2v) is 12.6. The minimum atomic E-state index is -4.50. The van der Waals surface area contributed by atoms with Gasteiger partial charge in [-0.05, 0) is 68.8 Å². The number of aromatic nitrogens is 2. The van der Waals surface area contributed by atoms with Crippen LogP contribution in [0.5, 0.6) is 5.75 Å². The van der Waals surface area contributed by atoms with Gasteiger partial charge in [0.25, 0.3) is 0 Å². The fourth-order valence-corrected chi connectivity index (χ4v) is 7.29. The number of amides is 2. The molecule has 2 aromatic rings. The summed E-state index contributed by atoms with van der Waals surface area (Å²) in [5, 5.41) is 6.68. The van der Waals surface area contributed by atoms with Gasteiger partial charge in [-0.25, -0.2) is 4.79 Å². The number of rotatable bonds is 5. The highest BCUT2D eigenvalue weighted by Crippen LogP contribution is 2.41. The third-order valence-corrected chi connectivity index (χ3v) is 9.48. The monoisotopic (exact) mass is 581 g/mol. The number of ether oxygens (including phenoxy) is 1. The van der Waals surface area contributed by atoms with E-state index in [2.05, 4.69) is 15.3 Å². The maximum absolute atomic E-state index is 13.8. The molecule has 0 atom stereocenters. The Morgan fingerprint density at radius 2 is 1.85 bits per heavy atom. The highest BCUT2D eigenvalue weighted by Gasteiger charge is 2.44. The number of carbonyl (C=O) groups is 2. The van der Waals surface area contributed by atoms with Crippen molar-refractivity contribution >= 4 is 28.6 Å². The molecule has 0 unspecified atom stereocenters. The van der Waals surface area contributed by atoms with Crippen LogP contribution in [-0.2, 0) is 28.3 Å². The van der Waals surface area contributed by atoms with Crippen LogP contribution < -0.4 is 10.1 Å². The fourth-order valence-electron chi connectivity index (χ4n) is 6.03. The predicted octanol–water partition coefficient (Wildman–Crippen LogP) is 4.25. The average Bonchev–Trinajstić information content (AvgIpc) is 3.52. The summed E-state index contributed by atoms with van der Waals surface area (Å²) in [7, 11) is -0.881. The average molecular weight is 582 g/mol. The van der Waals surface area contributed by atoms with Crippen molar-refractivity contribution in [3.63, 3.8) is 0 Å². The third-order valence-electron chi connectivity index (χ3n) is 8.10. The van der Waals surface area contributed by atoms with Gasteiger partial charge < -0.3 is 15.0 Å². The summed E-state index contributed by atoms with van der Waals surface area (Å²) in [6.07, 6.45) is 1.19. The summed E-state index contributed by atoms with van der Waals surface area (Å²) in [6, 6.07) is 5.26. The van der Waals surface area contributed by atoms with Crippen molar-refractivity contribution in [3.8, 4) is 5.75 Å². The van der Waals surface area contributed by atoms with Crippen LogP contribution in [0.3, 0.4) is 0 Å². The zero-order chi connectivity index (χ0) is 28.5. The summed E-state index contributed by atoms with van der Waals surface area (Å²) >= 11 is 0. The molecule has 0 bridgehead atoms. The molecule has 9 nitrogen and oxygen atoms in total. The number of likely N-dealkylation sites (tertiary alicyclic amines) is 2. The largest absolute Gasteiger partial charge is 0.490 e. The second-order valence-electron chi connectivity index (χ2n) is 10.9. The number of nitrogens with zero attached hydrogens (tertiary/aromatic N) is 4. The van der Waals surface area contributed by atoms with Crippen molar-refractivity contribution in [1.82, 2.24) is 19.6 Å². The third kappa shape index (κ3) is 6.51. The Balaban J connectivity index is 1.26. The topological polar surface area (TPSA) is 96.8 Å². The van der Waals surface area contributed by atoms with E-state index in [1.165, 1.54) is 23.9 Å². The number of benzene rings is 1. The van der Waals surface area contributed by atoms with Crippen LogP contribution in [0.1, 0.15) is 56.6 Å². The Labute approximate surface area is 233 Å². The maximum atomic E-state index is 13.8. The molecule has 4 heterocycles. The SMILES string of the molecule is CC(=O)Nc1ccn(C(=O)N2CCC3(CCCN3Cc3cc(OC4CCS(=O)CC4)cc(C(F)(F)F)c3)CC2)n1. The number of anilines is 1. The Kier molecular flexibility index (Phi) is 8.23. The number of piperidine rings is 1. The van der Waals surface area contributed by atoms with Crippen LogP contribution in [0.2, 0.25) is 0 Å². The van der Waals surface area contributed by atoms with Gasteiger partial charge in [-0.3, -0.25) is 13.9 Å². The number of alkyl halides is 3. The number of carbonyl (C=O) groups excluding carboxylic acids is 2. The van der Waals surface area contributed by atoms with Crippen LogP contribution in [0, 0.1) is 0 Å². The van der Waals surface area contributed by atoms with Crippen molar-refractivity contribution in [2.24, 2.45) is 0 Å². The molecule has 0 radical (unpaired) electrons. The fraction of sp³-hybridized carbons (Fsp3) is 0.593. The van der Waals surface area contributed by atoms with Crippen LogP contribution in [-0.4, -0.2) is 78.5 Å². The van der Waals surface area contributed by atoms with Gasteiger partial charge in [-0.1, -0.05) is 0 Å². The number of hydrogen-bond acceptors (Lipinski definition) is 6. The van der Waals surface area contributed by atoms with Crippen LogP contribution >= 0.6 is 0 Å². The highest BCUT2D eigenvalue weighted by molar-refractivity contribution is 7.85. The predicted molar refractivity (Wildman–Crippen MR) is 143 cm³/mol. The van der Waals surface area contributed by atoms with Gasteiger partial charge >= 0.3 is 12.2 Å². The first-order chi connectivity index (χ1) is 19.0. The minimum Gasteiger partial charge on any atom is -0.490 e. The molecule has 2 amide bonds. The van der Waals surface area contributed by atoms with Gasteiger partial charge in [-0.15, -0.1) is 5.10 Å². The molecule has 3 aliphatic heterocycles. The first-order valence-electron chi connectivity index (χ1n) is 13.6. The number of halogens is 3. The van der Waals surface area contributed by atoms with Crippen molar-refractivity contribution in [3.05, 3.63) is 41.6 Å². The van der Waals surface area contributed by atoms with Gasteiger partial charge in [0, 0.05) is 66.7 Å². The Morgan fingerprint density at radius 3 is 2.52 bits per heavy atom. The van der Waals surface area contributed by atoms with Gasteiger partial charge in [0.05, 0.1) is 5.56 Å². The van der Waals surface area contributed by atoms with E-state index in [1.54, 1.807) is 17.0 Å². The van der Waals surface area contributed by atoms with Crippen LogP contribution in [0.25, 0.3) is 0 Å². The Morgan fingerprint density at radius 1 is 1.12 bits per heavy atom. The molecule has 40 heavy (non-hydrogen) atoms. The quantitative estimate of drug-likeness (QED) is 0.567. The van der Waals surface area contributed by atoms with Crippen molar-refractivity contribution in [2.45, 2.75) is 69.8 Å². The van der Waals surface area contributed by atoms with E-state index in [9.17, 15) is 27.0 Å². The van der Waals surface area contributed by atoms with Gasteiger partial charge in [0.15, 0.2) is 5.82 Å². The molecule has 1 aromatic heterocycles. The molecular weight excluding hydrogens is 547 g/mol. The standard InChI is InChI=1S/C27H34F3N5O4S/c1-19(36)31-24-3-10-35(32-24)25(37)33-11-7-26(8-12-33)6-2-9-34(26)18-20-15-21(27(28,29)30)17-23(16-20)39-22-4-13-40(38)14-5-22/h3,10,15-17,22H,2,4-9,11-14,18H2,1H3,(H,31,32,36). The van der Waals surface area contributed by atoms with E-state index in [1.807, 2.05) is 0 Å². The van der Waals surface area contributed by atoms with Gasteiger partial charge in [0.2, 0.25) is 5.91 Å². The van der Waals surface area contributed by atoms with E-state index >= 15 is 0 Å². The molecule has 3 aliphatic rings. The summed E-state index contributed by atoms with van der Waals surface area (Å²) in [6.45, 7) is 3.51. The van der Waals surface area contributed by atoms with Crippen molar-refractivity contribution in [1.29, 1.82) is 0 Å². The molecule has 13 heteroatoms. The molecule has 218 valence electrons. The zero-order valence-corrected chi connectivity index (χ0v) is 23.2. The second kappa shape index (κ2) is 11.5. The lowest BCUT2D eigenvalue weighted by Crippen LogP contribution is -2.53. The zero-order valence-electron chi connectivity index (χ0n) is 22.4. The molecule has 0 saturated carbocycles. The van der Waals surface area contributed by atoms with Gasteiger partial charge in [-0.2, -0.15) is 17.9 Å². The lowest BCUT2D eigenvalue weighted by molar-refractivity contribution is -0.137. The maximum Gasteiger partial charge on any atom is 0.416 e. The highest BCUT2D eigenvalue weighted by atomic mass is 32.2. The summed E-state index contributed by atoms with van der Waals surface area (Å²) in [4.78, 5) is 28.2. The smallest absolute Gasteiger partial charge is 0.416 e. The van der Waals surface area contributed by atoms with Crippen LogP contribution in [0.15, 0.2) is 30.5 Å².